The van der Waals surface area contributed by atoms with Crippen LogP contribution in [0.2, 0.25) is 0 Å². The van der Waals surface area contributed by atoms with Crippen LogP contribution >= 0.6 is 0 Å². The molecular weight excluding hydrogens is 392 g/mol. The van der Waals surface area contributed by atoms with Gasteiger partial charge in [0.25, 0.3) is 5.91 Å². The van der Waals surface area contributed by atoms with Gasteiger partial charge in [-0.1, -0.05) is 18.2 Å². The molecule has 1 saturated heterocycles. The first kappa shape index (κ1) is 22.6. The second kappa shape index (κ2) is 10.3. The summed E-state index contributed by atoms with van der Waals surface area (Å²) >= 11 is 0. The number of carbonyl (C=O) groups excluding carboxylic acids is 2. The zero-order chi connectivity index (χ0) is 22.4. The van der Waals surface area contributed by atoms with Crippen molar-refractivity contribution in [2.24, 2.45) is 0 Å². The van der Waals surface area contributed by atoms with E-state index >= 15 is 0 Å². The van der Waals surface area contributed by atoms with Crippen LogP contribution in [0.25, 0.3) is 0 Å². The number of benzene rings is 2. The van der Waals surface area contributed by atoms with Crippen LogP contribution in [-0.2, 0) is 11.3 Å². The fraction of sp³-hybridized carbons (Fsp3) is 0.417. The normalized spacial score (nSPS) is 14.3. The van der Waals surface area contributed by atoms with Crippen LogP contribution in [0.4, 0.5) is 5.69 Å². The number of carbonyl (C=O) groups is 2. The van der Waals surface area contributed by atoms with Gasteiger partial charge in [-0.05, 0) is 42.3 Å². The number of methoxy groups -OCH3 is 1. The molecule has 0 aliphatic carbocycles. The Kier molecular flexibility index (Phi) is 7.52. The molecule has 0 saturated carbocycles. The molecule has 2 amide bonds. The molecule has 1 aliphatic rings. The SMILES string of the molecule is COc1cc(C(=O)N2CCN(CC(=O)NCc3ccc(N(C)C)cc3)CC2)ccc1C. The van der Waals surface area contributed by atoms with E-state index in [4.69, 9.17) is 4.74 Å². The van der Waals surface area contributed by atoms with Gasteiger partial charge in [-0.15, -0.1) is 0 Å². The molecule has 0 unspecified atom stereocenters. The summed E-state index contributed by atoms with van der Waals surface area (Å²) < 4.78 is 5.33. The molecule has 1 fully saturated rings. The number of amides is 2. The van der Waals surface area contributed by atoms with Crippen molar-refractivity contribution in [2.75, 3.05) is 58.8 Å². The summed E-state index contributed by atoms with van der Waals surface area (Å²) in [6.07, 6.45) is 0. The maximum atomic E-state index is 12.8. The van der Waals surface area contributed by atoms with E-state index in [0.717, 1.165) is 22.6 Å². The largest absolute Gasteiger partial charge is 0.496 e. The monoisotopic (exact) mass is 424 g/mol. The molecule has 1 aliphatic heterocycles. The Bertz CT molecular complexity index is 904. The van der Waals surface area contributed by atoms with Gasteiger partial charge >= 0.3 is 0 Å². The number of nitrogens with one attached hydrogen (secondary N) is 1. The zero-order valence-electron chi connectivity index (χ0n) is 18.9. The number of nitrogens with zero attached hydrogens (tertiary/aromatic N) is 3. The lowest BCUT2D eigenvalue weighted by molar-refractivity contribution is -0.122. The van der Waals surface area contributed by atoms with Crippen LogP contribution < -0.4 is 15.0 Å². The van der Waals surface area contributed by atoms with Crippen molar-refractivity contribution in [3.8, 4) is 5.75 Å². The van der Waals surface area contributed by atoms with Gasteiger partial charge in [0.15, 0.2) is 0 Å². The maximum Gasteiger partial charge on any atom is 0.254 e. The van der Waals surface area contributed by atoms with Crippen molar-refractivity contribution >= 4 is 17.5 Å². The standard InChI is InChI=1S/C24H32N4O3/c1-18-5-8-20(15-22(18)31-4)24(30)28-13-11-27(12-14-28)17-23(29)25-16-19-6-9-21(10-7-19)26(2)3/h5-10,15H,11-14,16-17H2,1-4H3,(H,25,29). The molecule has 2 aromatic carbocycles. The summed E-state index contributed by atoms with van der Waals surface area (Å²) in [6.45, 7) is 5.38. The first-order valence-electron chi connectivity index (χ1n) is 10.6. The van der Waals surface area contributed by atoms with Gasteiger partial charge in [-0.25, -0.2) is 0 Å². The number of rotatable bonds is 7. The lowest BCUT2D eigenvalue weighted by Gasteiger charge is -2.34. The highest BCUT2D eigenvalue weighted by atomic mass is 16.5. The predicted octanol–water partition coefficient (Wildman–Crippen LogP) is 2.14. The third-order valence-electron chi connectivity index (χ3n) is 5.62. The van der Waals surface area contributed by atoms with Gasteiger partial charge in [0.05, 0.1) is 13.7 Å². The van der Waals surface area contributed by atoms with Crippen molar-refractivity contribution in [1.29, 1.82) is 0 Å². The molecule has 166 valence electrons. The number of piperazine rings is 1. The topological polar surface area (TPSA) is 65.1 Å². The van der Waals surface area contributed by atoms with Crippen molar-refractivity contribution in [2.45, 2.75) is 13.5 Å². The summed E-state index contributed by atoms with van der Waals surface area (Å²) in [6, 6.07) is 13.7. The van der Waals surface area contributed by atoms with Crippen molar-refractivity contribution in [3.05, 3.63) is 59.2 Å². The number of hydrogen-bond donors (Lipinski definition) is 1. The zero-order valence-corrected chi connectivity index (χ0v) is 18.9. The second-order valence-electron chi connectivity index (χ2n) is 8.09. The summed E-state index contributed by atoms with van der Waals surface area (Å²) in [7, 11) is 5.61. The third kappa shape index (κ3) is 5.98. The molecule has 0 atom stereocenters. The van der Waals surface area contributed by atoms with E-state index in [1.54, 1.807) is 13.2 Å². The van der Waals surface area contributed by atoms with Crippen LogP contribution in [0.15, 0.2) is 42.5 Å². The minimum atomic E-state index is -0.000247. The first-order valence-corrected chi connectivity index (χ1v) is 10.6. The van der Waals surface area contributed by atoms with E-state index in [1.165, 1.54) is 0 Å². The first-order chi connectivity index (χ1) is 14.9. The Hall–Kier alpha value is -3.06. The average molecular weight is 425 g/mol. The lowest BCUT2D eigenvalue weighted by Crippen LogP contribution is -2.51. The van der Waals surface area contributed by atoms with Gasteiger partial charge in [-0.2, -0.15) is 0 Å². The van der Waals surface area contributed by atoms with E-state index in [-0.39, 0.29) is 11.8 Å². The van der Waals surface area contributed by atoms with Crippen molar-refractivity contribution in [1.82, 2.24) is 15.1 Å². The van der Waals surface area contributed by atoms with Crippen molar-refractivity contribution in [3.63, 3.8) is 0 Å². The van der Waals surface area contributed by atoms with Crippen LogP contribution in [0.1, 0.15) is 21.5 Å². The average Bonchev–Trinajstić information content (AvgIpc) is 2.78. The van der Waals surface area contributed by atoms with Crippen LogP contribution in [0.5, 0.6) is 5.75 Å². The summed E-state index contributed by atoms with van der Waals surface area (Å²) in [4.78, 5) is 31.1. The smallest absolute Gasteiger partial charge is 0.254 e. The Morgan fingerprint density at radius 2 is 1.71 bits per heavy atom. The molecule has 0 aromatic heterocycles. The maximum absolute atomic E-state index is 12.8. The Balaban J connectivity index is 1.44. The van der Waals surface area contributed by atoms with E-state index in [2.05, 4.69) is 10.2 Å². The van der Waals surface area contributed by atoms with E-state index in [9.17, 15) is 9.59 Å². The Morgan fingerprint density at radius 3 is 2.32 bits per heavy atom. The number of anilines is 1. The van der Waals surface area contributed by atoms with Gasteiger partial charge in [0.2, 0.25) is 5.91 Å². The molecular formula is C24H32N4O3. The van der Waals surface area contributed by atoms with E-state index < -0.39 is 0 Å². The molecule has 1 heterocycles. The molecule has 0 radical (unpaired) electrons. The fourth-order valence-corrected chi connectivity index (χ4v) is 3.62. The lowest BCUT2D eigenvalue weighted by atomic mass is 10.1. The van der Waals surface area contributed by atoms with Gasteiger partial charge in [0, 0.05) is 58.1 Å². The third-order valence-corrected chi connectivity index (χ3v) is 5.62. The highest BCUT2D eigenvalue weighted by molar-refractivity contribution is 5.94. The second-order valence-corrected chi connectivity index (χ2v) is 8.09. The van der Waals surface area contributed by atoms with Crippen LogP contribution in [0.3, 0.4) is 0 Å². The van der Waals surface area contributed by atoms with Crippen LogP contribution in [0, 0.1) is 6.92 Å². The molecule has 0 spiro atoms. The molecule has 3 rings (SSSR count). The van der Waals surface area contributed by atoms with E-state index in [1.807, 2.05) is 67.2 Å². The number of aryl methyl sites for hydroxylation is 1. The number of hydrogen-bond acceptors (Lipinski definition) is 5. The summed E-state index contributed by atoms with van der Waals surface area (Å²) in [5, 5.41) is 2.98. The Morgan fingerprint density at radius 1 is 1.03 bits per heavy atom. The molecule has 2 aromatic rings. The van der Waals surface area contributed by atoms with Gasteiger partial charge in [-0.3, -0.25) is 14.5 Å². The quantitative estimate of drug-likeness (QED) is 0.738. The summed E-state index contributed by atoms with van der Waals surface area (Å²) in [5.41, 5.74) is 3.84. The minimum Gasteiger partial charge on any atom is -0.496 e. The molecule has 7 nitrogen and oxygen atoms in total. The highest BCUT2D eigenvalue weighted by Crippen LogP contribution is 2.20. The van der Waals surface area contributed by atoms with Crippen molar-refractivity contribution < 1.29 is 14.3 Å². The predicted molar refractivity (Wildman–Crippen MR) is 123 cm³/mol. The van der Waals surface area contributed by atoms with Crippen LogP contribution in [-0.4, -0.2) is 75.5 Å². The summed E-state index contributed by atoms with van der Waals surface area (Å²) in [5.74, 6) is 0.723. The minimum absolute atomic E-state index is 0.000247. The molecule has 31 heavy (non-hydrogen) atoms. The highest BCUT2D eigenvalue weighted by Gasteiger charge is 2.23. The van der Waals surface area contributed by atoms with E-state index in [0.29, 0.717) is 44.8 Å². The molecule has 1 N–H and O–H groups in total. The number of ether oxygens (including phenoxy) is 1. The van der Waals surface area contributed by atoms with Gasteiger partial charge < -0.3 is 19.9 Å². The molecule has 0 bridgehead atoms. The Labute approximate surface area is 184 Å². The van der Waals surface area contributed by atoms with Gasteiger partial charge in [0.1, 0.15) is 5.75 Å². The fourth-order valence-electron chi connectivity index (χ4n) is 3.62. The molecule has 7 heteroatoms.